The highest BCUT2D eigenvalue weighted by Gasteiger charge is 2.25. The molecule has 0 bridgehead atoms. The van der Waals surface area contributed by atoms with E-state index in [1.54, 1.807) is 0 Å². The highest BCUT2D eigenvalue weighted by molar-refractivity contribution is 5.93. The highest BCUT2D eigenvalue weighted by atomic mass is 16.2. The summed E-state index contributed by atoms with van der Waals surface area (Å²) in [7, 11) is 0. The molecule has 0 saturated carbocycles. The van der Waals surface area contributed by atoms with Crippen LogP contribution in [0.25, 0.3) is 0 Å². The van der Waals surface area contributed by atoms with Crippen LogP contribution >= 0.6 is 0 Å². The second-order valence-electron chi connectivity index (χ2n) is 9.02. The largest absolute Gasteiger partial charge is 0.347 e. The first-order valence-electron chi connectivity index (χ1n) is 10.5. The van der Waals surface area contributed by atoms with Gasteiger partial charge in [0.1, 0.15) is 13.1 Å². The van der Waals surface area contributed by atoms with Crippen LogP contribution in [0.5, 0.6) is 0 Å². The number of benzene rings is 1. The average molecular weight is 391 g/mol. The first-order chi connectivity index (χ1) is 13.2. The van der Waals surface area contributed by atoms with Gasteiger partial charge in [-0.3, -0.25) is 9.59 Å². The fourth-order valence-corrected chi connectivity index (χ4v) is 3.85. The van der Waals surface area contributed by atoms with Gasteiger partial charge in [0.2, 0.25) is 0 Å². The van der Waals surface area contributed by atoms with Crippen LogP contribution < -0.4 is 20.4 Å². The number of aryl methyl sites for hydroxylation is 2. The lowest BCUT2D eigenvalue weighted by molar-refractivity contribution is -0.930. The Morgan fingerprint density at radius 3 is 2.18 bits per heavy atom. The minimum Gasteiger partial charge on any atom is -0.347 e. The van der Waals surface area contributed by atoms with Crippen LogP contribution in [0.15, 0.2) is 18.2 Å². The van der Waals surface area contributed by atoms with Crippen LogP contribution in [-0.2, 0) is 16.0 Å². The van der Waals surface area contributed by atoms with E-state index in [9.17, 15) is 9.59 Å². The number of nitrogens with one attached hydrogen (secondary N) is 4. The summed E-state index contributed by atoms with van der Waals surface area (Å²) in [4.78, 5) is 27.4. The first-order valence-corrected chi connectivity index (χ1v) is 10.5. The van der Waals surface area contributed by atoms with Crippen molar-refractivity contribution in [3.63, 3.8) is 0 Å². The third kappa shape index (κ3) is 7.24. The van der Waals surface area contributed by atoms with E-state index in [2.05, 4.69) is 23.6 Å². The summed E-state index contributed by atoms with van der Waals surface area (Å²) in [6.07, 6.45) is 1.94. The summed E-state index contributed by atoms with van der Waals surface area (Å²) >= 11 is 0. The van der Waals surface area contributed by atoms with Crippen molar-refractivity contribution in [1.82, 2.24) is 5.32 Å². The Morgan fingerprint density at radius 1 is 1.00 bits per heavy atom. The van der Waals surface area contributed by atoms with E-state index >= 15 is 0 Å². The molecule has 6 nitrogen and oxygen atoms in total. The molecule has 0 aromatic heterocycles. The maximum atomic E-state index is 12.6. The quantitative estimate of drug-likeness (QED) is 0.533. The predicted octanol–water partition coefficient (Wildman–Crippen LogP) is -0.416. The molecule has 2 rings (SSSR count). The molecular formula is C22H38N4O2+2. The predicted molar refractivity (Wildman–Crippen MR) is 113 cm³/mol. The minimum atomic E-state index is -0.190. The topological polar surface area (TPSA) is 67.1 Å². The normalized spacial score (nSPS) is 20.3. The average Bonchev–Trinajstić information content (AvgIpc) is 2.80. The molecule has 2 amide bonds. The van der Waals surface area contributed by atoms with Gasteiger partial charge in [0, 0.05) is 17.6 Å². The molecule has 1 aromatic carbocycles. The smallest absolute Gasteiger partial charge is 0.279 e. The molecule has 0 radical (unpaired) electrons. The molecule has 0 spiro atoms. The molecule has 0 aliphatic carbocycles. The molecule has 1 aliphatic heterocycles. The van der Waals surface area contributed by atoms with Gasteiger partial charge in [-0.05, 0) is 45.2 Å². The van der Waals surface area contributed by atoms with Crippen LogP contribution in [0.2, 0.25) is 0 Å². The number of rotatable bonds is 6. The summed E-state index contributed by atoms with van der Waals surface area (Å²) < 4.78 is 0. The molecule has 6 heteroatoms. The van der Waals surface area contributed by atoms with E-state index < -0.39 is 0 Å². The van der Waals surface area contributed by atoms with Crippen LogP contribution in [0.4, 0.5) is 5.69 Å². The molecule has 4 N–H and O–H groups in total. The molecule has 1 saturated heterocycles. The fourth-order valence-electron chi connectivity index (χ4n) is 3.85. The van der Waals surface area contributed by atoms with E-state index in [4.69, 9.17) is 0 Å². The lowest BCUT2D eigenvalue weighted by Crippen LogP contribution is -3.18. The first kappa shape index (κ1) is 22.4. The van der Waals surface area contributed by atoms with Gasteiger partial charge < -0.3 is 20.4 Å². The number of amides is 2. The monoisotopic (exact) mass is 390 g/mol. The van der Waals surface area contributed by atoms with Crippen molar-refractivity contribution in [2.24, 2.45) is 0 Å². The number of anilines is 1. The molecule has 1 fully saturated rings. The lowest BCUT2D eigenvalue weighted by Gasteiger charge is -2.22. The third-order valence-corrected chi connectivity index (χ3v) is 5.23. The summed E-state index contributed by atoms with van der Waals surface area (Å²) in [6.45, 7) is 15.0. The lowest BCUT2D eigenvalue weighted by atomic mass is 10.1. The Bertz CT molecular complexity index is 682. The minimum absolute atomic E-state index is 0.0768. The zero-order valence-corrected chi connectivity index (χ0v) is 18.2. The Morgan fingerprint density at radius 2 is 1.61 bits per heavy atom. The van der Waals surface area contributed by atoms with Gasteiger partial charge in [-0.2, -0.15) is 0 Å². The second-order valence-corrected chi connectivity index (χ2v) is 9.02. The van der Waals surface area contributed by atoms with Gasteiger partial charge in [0.15, 0.2) is 13.1 Å². The molecule has 28 heavy (non-hydrogen) atoms. The van der Waals surface area contributed by atoms with Crippen molar-refractivity contribution in [2.45, 2.75) is 53.0 Å². The Balaban J connectivity index is 1.84. The third-order valence-electron chi connectivity index (χ3n) is 5.23. The van der Waals surface area contributed by atoms with E-state index in [-0.39, 0.29) is 17.4 Å². The van der Waals surface area contributed by atoms with Gasteiger partial charge in [0.25, 0.3) is 11.8 Å². The summed E-state index contributed by atoms with van der Waals surface area (Å²) in [5, 5.41) is 6.18. The van der Waals surface area contributed by atoms with E-state index in [0.29, 0.717) is 13.1 Å². The van der Waals surface area contributed by atoms with Crippen molar-refractivity contribution in [3.05, 3.63) is 29.3 Å². The van der Waals surface area contributed by atoms with Gasteiger partial charge in [-0.1, -0.05) is 25.1 Å². The number of quaternary nitrogens is 2. The van der Waals surface area contributed by atoms with Gasteiger partial charge in [-0.15, -0.1) is 0 Å². The van der Waals surface area contributed by atoms with Crippen molar-refractivity contribution >= 4 is 17.5 Å². The highest BCUT2D eigenvalue weighted by Crippen LogP contribution is 2.20. The molecule has 2 atom stereocenters. The SMILES string of the molecule is CCc1cccc(C)c1NC(=O)C[NH+]1CCC[NH+](CC(=O)NC(C)(C)C)CC1. The van der Waals surface area contributed by atoms with Crippen LogP contribution in [0.1, 0.15) is 45.2 Å². The number of carbonyl (C=O) groups is 2. The van der Waals surface area contributed by atoms with Crippen molar-refractivity contribution in [1.29, 1.82) is 0 Å². The second kappa shape index (κ2) is 10.0. The summed E-state index contributed by atoms with van der Waals surface area (Å²) in [5.74, 6) is 0.184. The van der Waals surface area contributed by atoms with Crippen LogP contribution in [-0.4, -0.2) is 56.6 Å². The van der Waals surface area contributed by atoms with E-state index in [1.165, 1.54) is 15.4 Å². The molecule has 2 unspecified atom stereocenters. The Labute approximate surface area is 169 Å². The maximum absolute atomic E-state index is 12.6. The van der Waals surface area contributed by atoms with E-state index in [1.807, 2.05) is 39.8 Å². The molecule has 156 valence electrons. The maximum Gasteiger partial charge on any atom is 0.279 e. The van der Waals surface area contributed by atoms with Crippen molar-refractivity contribution in [2.75, 3.05) is 44.6 Å². The zero-order chi connectivity index (χ0) is 20.7. The molecule has 1 aliphatic rings. The standard InChI is InChI=1S/C22H36N4O2/c1-6-18-10-7-9-17(2)21(18)23-19(27)15-25-11-8-12-26(14-13-25)16-20(28)24-22(3,4)5/h7,9-10H,6,8,11-16H2,1-5H3,(H,23,27)(H,24,28)/p+2. The Kier molecular flexibility index (Phi) is 8.01. The van der Waals surface area contributed by atoms with Crippen molar-refractivity contribution in [3.8, 4) is 0 Å². The van der Waals surface area contributed by atoms with Gasteiger partial charge in [0.05, 0.1) is 13.1 Å². The van der Waals surface area contributed by atoms with Gasteiger partial charge >= 0.3 is 0 Å². The van der Waals surface area contributed by atoms with Crippen molar-refractivity contribution < 1.29 is 19.4 Å². The number of hydrogen-bond acceptors (Lipinski definition) is 2. The Hall–Kier alpha value is -1.92. The number of para-hydroxylation sites is 1. The number of carbonyl (C=O) groups excluding carboxylic acids is 2. The van der Waals surface area contributed by atoms with Crippen LogP contribution in [0, 0.1) is 6.92 Å². The molecule has 1 heterocycles. The summed E-state index contributed by atoms with van der Waals surface area (Å²) in [6, 6.07) is 6.15. The van der Waals surface area contributed by atoms with Gasteiger partial charge in [-0.25, -0.2) is 0 Å². The number of hydrogen-bond donors (Lipinski definition) is 4. The molecule has 1 aromatic rings. The van der Waals surface area contributed by atoms with Crippen LogP contribution in [0.3, 0.4) is 0 Å². The fraction of sp³-hybridized carbons (Fsp3) is 0.636. The summed E-state index contributed by atoms with van der Waals surface area (Å²) in [5.41, 5.74) is 3.07. The molecular weight excluding hydrogens is 352 g/mol. The zero-order valence-electron chi connectivity index (χ0n) is 18.2. The van der Waals surface area contributed by atoms with E-state index in [0.717, 1.165) is 50.3 Å².